The van der Waals surface area contributed by atoms with Crippen LogP contribution >= 0.6 is 23.1 Å². The van der Waals surface area contributed by atoms with Crippen molar-refractivity contribution >= 4 is 34.1 Å². The number of hydrogen-bond donors (Lipinski definition) is 2. The van der Waals surface area contributed by atoms with Gasteiger partial charge in [-0.25, -0.2) is 0 Å². The largest absolute Gasteiger partial charge is 0.454 e. The zero-order valence-electron chi connectivity index (χ0n) is 14.9. The molecule has 1 aromatic heterocycles. The molecule has 0 radical (unpaired) electrons. The number of carbonyl (C=O) groups excluding carboxylic acids is 1. The van der Waals surface area contributed by atoms with Crippen LogP contribution in [0.3, 0.4) is 0 Å². The highest BCUT2D eigenvalue weighted by Gasteiger charge is 2.16. The summed E-state index contributed by atoms with van der Waals surface area (Å²) in [5, 5.41) is 15.6. The highest BCUT2D eigenvalue weighted by Crippen LogP contribution is 2.32. The van der Waals surface area contributed by atoms with Crippen LogP contribution in [0.15, 0.2) is 22.5 Å². The van der Waals surface area contributed by atoms with Crippen LogP contribution in [0.4, 0.5) is 5.13 Å². The van der Waals surface area contributed by atoms with Gasteiger partial charge in [-0.1, -0.05) is 48.4 Å². The van der Waals surface area contributed by atoms with E-state index in [9.17, 15) is 4.79 Å². The molecule has 1 amide bonds. The van der Waals surface area contributed by atoms with Crippen LogP contribution in [0.25, 0.3) is 0 Å². The molecule has 27 heavy (non-hydrogen) atoms. The maximum Gasteiger partial charge on any atom is 0.231 e. The van der Waals surface area contributed by atoms with E-state index in [0.717, 1.165) is 26.5 Å². The van der Waals surface area contributed by atoms with Gasteiger partial charge in [0.2, 0.25) is 17.8 Å². The number of aromatic nitrogens is 2. The van der Waals surface area contributed by atoms with Crippen molar-refractivity contribution in [2.45, 2.75) is 49.0 Å². The number of rotatable bonds is 7. The fraction of sp³-hybridized carbons (Fsp3) is 0.500. The highest BCUT2D eigenvalue weighted by atomic mass is 32.2. The number of anilines is 1. The van der Waals surface area contributed by atoms with Gasteiger partial charge in [-0.15, -0.1) is 10.2 Å². The molecule has 9 heteroatoms. The summed E-state index contributed by atoms with van der Waals surface area (Å²) in [4.78, 5) is 12.1. The second kappa shape index (κ2) is 8.79. The van der Waals surface area contributed by atoms with Crippen LogP contribution in [-0.4, -0.2) is 34.7 Å². The Labute approximate surface area is 166 Å². The standard InChI is InChI=1S/C18H22N4O3S2/c23-16(19-9-12-6-7-14-15(8-12)25-11-24-14)10-26-18-22-21-17(27-18)20-13-4-2-1-3-5-13/h6-8,13H,1-5,9-11H2,(H,19,23)(H,20,21). The molecular weight excluding hydrogens is 384 g/mol. The molecule has 1 aliphatic carbocycles. The van der Waals surface area contributed by atoms with E-state index in [1.165, 1.54) is 55.2 Å². The van der Waals surface area contributed by atoms with Gasteiger partial charge in [0.1, 0.15) is 0 Å². The van der Waals surface area contributed by atoms with Crippen LogP contribution in [0.5, 0.6) is 11.5 Å². The fourth-order valence-corrected chi connectivity index (χ4v) is 4.84. The zero-order valence-corrected chi connectivity index (χ0v) is 16.5. The molecule has 0 spiro atoms. The smallest absolute Gasteiger partial charge is 0.231 e. The van der Waals surface area contributed by atoms with Crippen LogP contribution in [-0.2, 0) is 11.3 Å². The van der Waals surface area contributed by atoms with E-state index in [1.54, 1.807) is 0 Å². The Bertz CT molecular complexity index is 793. The van der Waals surface area contributed by atoms with Gasteiger partial charge >= 0.3 is 0 Å². The normalized spacial score (nSPS) is 16.3. The summed E-state index contributed by atoms with van der Waals surface area (Å²) < 4.78 is 11.4. The summed E-state index contributed by atoms with van der Waals surface area (Å²) in [5.74, 6) is 1.76. The molecular formula is C18H22N4O3S2. The number of fused-ring (bicyclic) bond motifs is 1. The summed E-state index contributed by atoms with van der Waals surface area (Å²) in [5.41, 5.74) is 0.979. The van der Waals surface area contributed by atoms with Crippen molar-refractivity contribution in [2.75, 3.05) is 17.9 Å². The fourth-order valence-electron chi connectivity index (χ4n) is 3.18. The SMILES string of the molecule is O=C(CSc1nnc(NC2CCCCC2)s1)NCc1ccc2c(c1)OCO2. The molecule has 2 N–H and O–H groups in total. The van der Waals surface area contributed by atoms with Gasteiger partial charge in [0, 0.05) is 12.6 Å². The second-order valence-corrected chi connectivity index (χ2v) is 8.81. The molecule has 7 nitrogen and oxygen atoms in total. The van der Waals surface area contributed by atoms with Gasteiger partial charge in [0.05, 0.1) is 5.75 Å². The Balaban J connectivity index is 1.20. The first-order valence-electron chi connectivity index (χ1n) is 9.14. The summed E-state index contributed by atoms with van der Waals surface area (Å²) in [7, 11) is 0. The monoisotopic (exact) mass is 406 g/mol. The van der Waals surface area contributed by atoms with E-state index in [1.807, 2.05) is 18.2 Å². The van der Waals surface area contributed by atoms with Gasteiger partial charge in [0.15, 0.2) is 15.8 Å². The second-order valence-electron chi connectivity index (χ2n) is 6.61. The van der Waals surface area contributed by atoms with Gasteiger partial charge in [0.25, 0.3) is 0 Å². The molecule has 0 bridgehead atoms. The molecule has 1 aliphatic heterocycles. The minimum atomic E-state index is -0.0327. The lowest BCUT2D eigenvalue weighted by atomic mass is 9.96. The maximum absolute atomic E-state index is 12.1. The van der Waals surface area contributed by atoms with Crippen LogP contribution in [0, 0.1) is 0 Å². The topological polar surface area (TPSA) is 85.4 Å². The zero-order chi connectivity index (χ0) is 18.5. The Morgan fingerprint density at radius 1 is 1.19 bits per heavy atom. The van der Waals surface area contributed by atoms with Crippen molar-refractivity contribution in [2.24, 2.45) is 0 Å². The van der Waals surface area contributed by atoms with Crippen LogP contribution in [0.1, 0.15) is 37.7 Å². The third-order valence-electron chi connectivity index (χ3n) is 4.59. The first-order valence-corrected chi connectivity index (χ1v) is 10.9. The van der Waals surface area contributed by atoms with Crippen molar-refractivity contribution < 1.29 is 14.3 Å². The predicted molar refractivity (Wildman–Crippen MR) is 106 cm³/mol. The van der Waals surface area contributed by atoms with E-state index in [0.29, 0.717) is 18.3 Å². The van der Waals surface area contributed by atoms with E-state index in [-0.39, 0.29) is 12.7 Å². The Kier molecular flexibility index (Phi) is 5.98. The first kappa shape index (κ1) is 18.4. The minimum absolute atomic E-state index is 0.0327. The molecule has 1 saturated carbocycles. The number of nitrogens with one attached hydrogen (secondary N) is 2. The van der Waals surface area contributed by atoms with Crippen molar-refractivity contribution in [3.8, 4) is 11.5 Å². The molecule has 0 unspecified atom stereocenters. The predicted octanol–water partition coefficient (Wildman–Crippen LogP) is 3.42. The van der Waals surface area contributed by atoms with E-state index < -0.39 is 0 Å². The molecule has 4 rings (SSSR count). The molecule has 0 atom stereocenters. The molecule has 1 aromatic carbocycles. The molecule has 2 heterocycles. The van der Waals surface area contributed by atoms with Crippen LogP contribution < -0.4 is 20.1 Å². The number of ether oxygens (including phenoxy) is 2. The highest BCUT2D eigenvalue weighted by molar-refractivity contribution is 8.01. The van der Waals surface area contributed by atoms with E-state index in [2.05, 4.69) is 20.8 Å². The third-order valence-corrected chi connectivity index (χ3v) is 6.58. The number of benzene rings is 1. The summed E-state index contributed by atoms with van der Waals surface area (Å²) in [6.45, 7) is 0.710. The van der Waals surface area contributed by atoms with Crippen molar-refractivity contribution in [1.29, 1.82) is 0 Å². The van der Waals surface area contributed by atoms with Gasteiger partial charge in [-0.3, -0.25) is 4.79 Å². The summed E-state index contributed by atoms with van der Waals surface area (Å²) in [6, 6.07) is 6.19. The molecule has 144 valence electrons. The Hall–Kier alpha value is -2.00. The van der Waals surface area contributed by atoms with Gasteiger partial charge in [-0.2, -0.15) is 0 Å². The number of carbonyl (C=O) groups is 1. The summed E-state index contributed by atoms with van der Waals surface area (Å²) >= 11 is 2.93. The molecule has 2 aromatic rings. The lowest BCUT2D eigenvalue weighted by Crippen LogP contribution is -2.24. The average molecular weight is 407 g/mol. The minimum Gasteiger partial charge on any atom is -0.454 e. The number of thioether (sulfide) groups is 1. The van der Waals surface area contributed by atoms with Crippen LogP contribution in [0.2, 0.25) is 0 Å². The number of hydrogen-bond acceptors (Lipinski definition) is 8. The van der Waals surface area contributed by atoms with Crippen molar-refractivity contribution in [1.82, 2.24) is 15.5 Å². The molecule has 1 fully saturated rings. The first-order chi connectivity index (χ1) is 13.3. The lowest BCUT2D eigenvalue weighted by Gasteiger charge is -2.21. The Morgan fingerprint density at radius 2 is 2.04 bits per heavy atom. The molecule has 2 aliphatic rings. The molecule has 0 saturated heterocycles. The number of nitrogens with zero attached hydrogens (tertiary/aromatic N) is 2. The van der Waals surface area contributed by atoms with Crippen molar-refractivity contribution in [3.05, 3.63) is 23.8 Å². The quantitative estimate of drug-likeness (QED) is 0.682. The Morgan fingerprint density at radius 3 is 2.93 bits per heavy atom. The van der Waals surface area contributed by atoms with Gasteiger partial charge < -0.3 is 20.1 Å². The number of amides is 1. The van der Waals surface area contributed by atoms with Gasteiger partial charge in [-0.05, 0) is 30.5 Å². The summed E-state index contributed by atoms with van der Waals surface area (Å²) in [6.07, 6.45) is 6.29. The van der Waals surface area contributed by atoms with E-state index in [4.69, 9.17) is 9.47 Å². The third kappa shape index (κ3) is 5.04. The lowest BCUT2D eigenvalue weighted by molar-refractivity contribution is -0.118. The average Bonchev–Trinajstić information content (AvgIpc) is 3.34. The van der Waals surface area contributed by atoms with E-state index >= 15 is 0 Å². The van der Waals surface area contributed by atoms with Crippen molar-refractivity contribution in [3.63, 3.8) is 0 Å². The maximum atomic E-state index is 12.1.